The lowest BCUT2D eigenvalue weighted by Gasteiger charge is -2.23. The fourth-order valence-corrected chi connectivity index (χ4v) is 1.88. The molecule has 0 amide bonds. The van der Waals surface area contributed by atoms with E-state index in [9.17, 15) is 0 Å². The molecule has 0 aliphatic carbocycles. The van der Waals surface area contributed by atoms with Crippen LogP contribution in [0.5, 0.6) is 0 Å². The number of nitrogens with zero attached hydrogens (tertiary/aromatic N) is 1. The van der Waals surface area contributed by atoms with Crippen LogP contribution in [0.3, 0.4) is 0 Å². The molecule has 3 nitrogen and oxygen atoms in total. The summed E-state index contributed by atoms with van der Waals surface area (Å²) in [5, 5.41) is 3.19. The van der Waals surface area contributed by atoms with Gasteiger partial charge in [0.15, 0.2) is 0 Å². The Morgan fingerprint density at radius 3 is 2.92 bits per heavy atom. The molecule has 0 saturated carbocycles. The zero-order valence-electron chi connectivity index (χ0n) is 9.05. The summed E-state index contributed by atoms with van der Waals surface area (Å²) in [4.78, 5) is 2.52. The van der Waals surface area contributed by atoms with Gasteiger partial charge in [0.25, 0.3) is 0 Å². The zero-order valence-corrected chi connectivity index (χ0v) is 9.05. The van der Waals surface area contributed by atoms with Crippen molar-refractivity contribution in [3.05, 3.63) is 0 Å². The first-order valence-electron chi connectivity index (χ1n) is 5.19. The molecule has 78 valence electrons. The molecule has 1 rings (SSSR count). The van der Waals surface area contributed by atoms with Gasteiger partial charge in [0.1, 0.15) is 0 Å². The normalized spacial score (nSPS) is 26.5. The van der Waals surface area contributed by atoms with Crippen LogP contribution < -0.4 is 5.32 Å². The molecule has 0 aromatic carbocycles. The van der Waals surface area contributed by atoms with Crippen molar-refractivity contribution in [2.24, 2.45) is 0 Å². The molecule has 3 heteroatoms. The summed E-state index contributed by atoms with van der Waals surface area (Å²) in [6.07, 6.45) is 2.89. The van der Waals surface area contributed by atoms with Crippen molar-refractivity contribution in [1.29, 1.82) is 0 Å². The van der Waals surface area contributed by atoms with Gasteiger partial charge in [0, 0.05) is 26.2 Å². The summed E-state index contributed by atoms with van der Waals surface area (Å²) in [6.45, 7) is 5.72. The van der Waals surface area contributed by atoms with E-state index in [1.54, 1.807) is 0 Å². The average Bonchev–Trinajstić information content (AvgIpc) is 2.62. The zero-order chi connectivity index (χ0) is 9.68. The molecule has 0 bridgehead atoms. The van der Waals surface area contributed by atoms with Gasteiger partial charge in [-0.05, 0) is 33.4 Å². The van der Waals surface area contributed by atoms with E-state index in [-0.39, 0.29) is 0 Å². The first kappa shape index (κ1) is 11.0. The SMILES string of the molecule is CNCCC(C)N1CCC(OC)C1. The Morgan fingerprint density at radius 2 is 2.38 bits per heavy atom. The third-order valence-electron chi connectivity index (χ3n) is 2.95. The van der Waals surface area contributed by atoms with E-state index in [1.165, 1.54) is 19.4 Å². The topological polar surface area (TPSA) is 24.5 Å². The molecule has 2 atom stereocenters. The lowest BCUT2D eigenvalue weighted by atomic mass is 10.2. The Bertz CT molecular complexity index is 141. The summed E-state index contributed by atoms with van der Waals surface area (Å²) in [7, 11) is 3.82. The van der Waals surface area contributed by atoms with E-state index in [0.717, 1.165) is 13.1 Å². The summed E-state index contributed by atoms with van der Waals surface area (Å²) in [5.74, 6) is 0. The summed E-state index contributed by atoms with van der Waals surface area (Å²) >= 11 is 0. The molecule has 2 unspecified atom stereocenters. The van der Waals surface area contributed by atoms with E-state index in [0.29, 0.717) is 12.1 Å². The largest absolute Gasteiger partial charge is 0.380 e. The van der Waals surface area contributed by atoms with Crippen molar-refractivity contribution in [2.45, 2.75) is 31.9 Å². The van der Waals surface area contributed by atoms with Crippen LogP contribution in [0.1, 0.15) is 19.8 Å². The van der Waals surface area contributed by atoms with Crippen LogP contribution in [-0.4, -0.2) is 50.8 Å². The van der Waals surface area contributed by atoms with Crippen molar-refractivity contribution in [1.82, 2.24) is 10.2 Å². The average molecular weight is 186 g/mol. The highest BCUT2D eigenvalue weighted by molar-refractivity contribution is 4.79. The Kier molecular flexibility index (Phi) is 4.70. The highest BCUT2D eigenvalue weighted by Crippen LogP contribution is 2.15. The van der Waals surface area contributed by atoms with Gasteiger partial charge in [0.05, 0.1) is 6.10 Å². The molecule has 1 fully saturated rings. The minimum absolute atomic E-state index is 0.469. The Hall–Kier alpha value is -0.120. The molecule has 0 radical (unpaired) electrons. The van der Waals surface area contributed by atoms with Crippen LogP contribution in [0, 0.1) is 0 Å². The van der Waals surface area contributed by atoms with Crippen LogP contribution in [0.15, 0.2) is 0 Å². The number of methoxy groups -OCH3 is 1. The predicted octanol–water partition coefficient (Wildman–Crippen LogP) is 0.705. The molecular formula is C10H22N2O. The number of hydrogen-bond acceptors (Lipinski definition) is 3. The minimum Gasteiger partial charge on any atom is -0.380 e. The Morgan fingerprint density at radius 1 is 1.62 bits per heavy atom. The highest BCUT2D eigenvalue weighted by atomic mass is 16.5. The maximum absolute atomic E-state index is 5.34. The summed E-state index contributed by atoms with van der Waals surface area (Å²) in [5.41, 5.74) is 0. The van der Waals surface area contributed by atoms with E-state index < -0.39 is 0 Å². The van der Waals surface area contributed by atoms with Crippen LogP contribution in [0.4, 0.5) is 0 Å². The van der Waals surface area contributed by atoms with E-state index in [4.69, 9.17) is 4.74 Å². The summed E-state index contributed by atoms with van der Waals surface area (Å²) in [6, 6.07) is 0.688. The van der Waals surface area contributed by atoms with Gasteiger partial charge in [-0.15, -0.1) is 0 Å². The molecule has 0 aromatic heterocycles. The third-order valence-corrected chi connectivity index (χ3v) is 2.95. The van der Waals surface area contributed by atoms with Crippen molar-refractivity contribution >= 4 is 0 Å². The van der Waals surface area contributed by atoms with Gasteiger partial charge >= 0.3 is 0 Å². The van der Waals surface area contributed by atoms with E-state index in [2.05, 4.69) is 17.1 Å². The molecular weight excluding hydrogens is 164 g/mol. The maximum Gasteiger partial charge on any atom is 0.0710 e. The Balaban J connectivity index is 2.20. The quantitative estimate of drug-likeness (QED) is 0.684. The second-order valence-corrected chi connectivity index (χ2v) is 3.88. The lowest BCUT2D eigenvalue weighted by Crippen LogP contribution is -2.34. The lowest BCUT2D eigenvalue weighted by molar-refractivity contribution is 0.101. The second kappa shape index (κ2) is 5.58. The Labute approximate surface area is 81.4 Å². The summed E-state index contributed by atoms with van der Waals surface area (Å²) < 4.78 is 5.34. The monoisotopic (exact) mass is 186 g/mol. The van der Waals surface area contributed by atoms with Crippen molar-refractivity contribution in [3.8, 4) is 0 Å². The second-order valence-electron chi connectivity index (χ2n) is 3.88. The number of ether oxygens (including phenoxy) is 1. The van der Waals surface area contributed by atoms with Gasteiger partial charge in [-0.3, -0.25) is 4.90 Å². The van der Waals surface area contributed by atoms with Gasteiger partial charge in [-0.2, -0.15) is 0 Å². The molecule has 1 saturated heterocycles. The first-order valence-corrected chi connectivity index (χ1v) is 5.19. The van der Waals surface area contributed by atoms with Crippen molar-refractivity contribution < 1.29 is 4.74 Å². The number of hydrogen-bond donors (Lipinski definition) is 1. The fourth-order valence-electron chi connectivity index (χ4n) is 1.88. The maximum atomic E-state index is 5.34. The van der Waals surface area contributed by atoms with Crippen LogP contribution in [0.2, 0.25) is 0 Å². The molecule has 13 heavy (non-hydrogen) atoms. The van der Waals surface area contributed by atoms with Crippen molar-refractivity contribution in [3.63, 3.8) is 0 Å². The van der Waals surface area contributed by atoms with Gasteiger partial charge in [0.2, 0.25) is 0 Å². The number of nitrogens with one attached hydrogen (secondary N) is 1. The first-order chi connectivity index (χ1) is 6.27. The van der Waals surface area contributed by atoms with Gasteiger partial charge in [-0.1, -0.05) is 0 Å². The molecule has 0 spiro atoms. The van der Waals surface area contributed by atoms with Gasteiger partial charge < -0.3 is 10.1 Å². The molecule has 1 aliphatic rings. The minimum atomic E-state index is 0.469. The number of likely N-dealkylation sites (tertiary alicyclic amines) is 1. The smallest absolute Gasteiger partial charge is 0.0710 e. The molecule has 1 heterocycles. The van der Waals surface area contributed by atoms with Crippen LogP contribution in [-0.2, 0) is 4.74 Å². The predicted molar refractivity (Wildman–Crippen MR) is 55.0 cm³/mol. The van der Waals surface area contributed by atoms with Gasteiger partial charge in [-0.25, -0.2) is 0 Å². The van der Waals surface area contributed by atoms with Crippen LogP contribution >= 0.6 is 0 Å². The van der Waals surface area contributed by atoms with E-state index in [1.807, 2.05) is 14.2 Å². The van der Waals surface area contributed by atoms with Crippen molar-refractivity contribution in [2.75, 3.05) is 33.8 Å². The molecule has 0 aromatic rings. The standard InChI is InChI=1S/C10H22N2O/c1-9(4-6-11-2)12-7-5-10(8-12)13-3/h9-11H,4-8H2,1-3H3. The van der Waals surface area contributed by atoms with Crippen LogP contribution in [0.25, 0.3) is 0 Å². The number of rotatable bonds is 5. The van der Waals surface area contributed by atoms with E-state index >= 15 is 0 Å². The fraction of sp³-hybridized carbons (Fsp3) is 1.00. The highest BCUT2D eigenvalue weighted by Gasteiger charge is 2.25. The molecule has 1 N–H and O–H groups in total. The molecule has 1 aliphatic heterocycles. The third kappa shape index (κ3) is 3.25.